The molecule has 0 radical (unpaired) electrons. The van der Waals surface area contributed by atoms with Gasteiger partial charge < -0.3 is 15.8 Å². The first kappa shape index (κ1) is 18.2. The fourth-order valence-corrected chi connectivity index (χ4v) is 2.11. The maximum atomic E-state index is 12.1. The highest BCUT2D eigenvalue weighted by atomic mass is 16.5. The van der Waals surface area contributed by atoms with Crippen molar-refractivity contribution in [2.75, 3.05) is 7.11 Å². The van der Waals surface area contributed by atoms with E-state index in [0.29, 0.717) is 18.8 Å². The van der Waals surface area contributed by atoms with Gasteiger partial charge in [-0.25, -0.2) is 4.79 Å². The first-order chi connectivity index (χ1) is 10.4. The molecule has 0 unspecified atom stereocenters. The topological polar surface area (TPSA) is 81.4 Å². The summed E-state index contributed by atoms with van der Waals surface area (Å²) in [5, 5.41) is 2.70. The molecular weight excluding hydrogens is 280 g/mol. The van der Waals surface area contributed by atoms with Crippen LogP contribution in [-0.4, -0.2) is 31.1 Å². The minimum absolute atomic E-state index is 0.313. The van der Waals surface area contributed by atoms with Crippen LogP contribution in [0, 0.1) is 5.92 Å². The van der Waals surface area contributed by atoms with Gasteiger partial charge in [-0.15, -0.1) is 0 Å². The van der Waals surface area contributed by atoms with Crippen LogP contribution in [0.25, 0.3) is 0 Å². The lowest BCUT2D eigenvalue weighted by atomic mass is 10.0. The Labute approximate surface area is 132 Å². The number of benzene rings is 1. The standard InChI is InChI=1S/C17H26N2O3/c1-12(2)9-10-14(18)16(20)19-15(17(21)22-3)11-13-7-5-4-6-8-13/h4-8,12,14-15H,9-11,18H2,1-3H3,(H,19,20)/t14-,15-/m0/s1. The molecule has 0 aliphatic heterocycles. The number of carbonyl (C=O) groups excluding carboxylic acids is 2. The van der Waals surface area contributed by atoms with Gasteiger partial charge in [0.25, 0.3) is 0 Å². The molecule has 1 amide bonds. The van der Waals surface area contributed by atoms with E-state index < -0.39 is 18.1 Å². The van der Waals surface area contributed by atoms with Crippen molar-refractivity contribution in [2.45, 2.75) is 45.2 Å². The molecule has 0 aromatic heterocycles. The Kier molecular flexibility index (Phi) is 7.60. The highest BCUT2D eigenvalue weighted by Gasteiger charge is 2.24. The molecule has 5 nitrogen and oxygen atoms in total. The molecule has 1 rings (SSSR count). The second kappa shape index (κ2) is 9.20. The summed E-state index contributed by atoms with van der Waals surface area (Å²) < 4.78 is 4.77. The van der Waals surface area contributed by atoms with E-state index in [1.807, 2.05) is 30.3 Å². The SMILES string of the molecule is COC(=O)[C@H](Cc1ccccc1)NC(=O)[C@@H](N)CCC(C)C. The number of hydrogen-bond acceptors (Lipinski definition) is 4. The highest BCUT2D eigenvalue weighted by Crippen LogP contribution is 2.08. The predicted molar refractivity (Wildman–Crippen MR) is 86.1 cm³/mol. The molecule has 1 aromatic rings. The quantitative estimate of drug-likeness (QED) is 0.716. The zero-order valence-corrected chi connectivity index (χ0v) is 13.5. The molecule has 3 N–H and O–H groups in total. The van der Waals surface area contributed by atoms with Crippen molar-refractivity contribution < 1.29 is 14.3 Å². The lowest BCUT2D eigenvalue weighted by Gasteiger charge is -2.19. The number of methoxy groups -OCH3 is 1. The molecule has 0 bridgehead atoms. The third-order valence-electron chi connectivity index (χ3n) is 3.48. The fraction of sp³-hybridized carbons (Fsp3) is 0.529. The Morgan fingerprint density at radius 3 is 2.36 bits per heavy atom. The lowest BCUT2D eigenvalue weighted by Crippen LogP contribution is -2.49. The lowest BCUT2D eigenvalue weighted by molar-refractivity contribution is -0.145. The molecule has 0 aliphatic carbocycles. The summed E-state index contributed by atoms with van der Waals surface area (Å²) in [6.45, 7) is 4.16. The summed E-state index contributed by atoms with van der Waals surface area (Å²) in [7, 11) is 1.31. The van der Waals surface area contributed by atoms with E-state index in [1.54, 1.807) is 0 Å². The molecule has 1 aromatic carbocycles. The zero-order valence-electron chi connectivity index (χ0n) is 13.5. The van der Waals surface area contributed by atoms with Gasteiger partial charge in [0.2, 0.25) is 5.91 Å². The Morgan fingerprint density at radius 1 is 1.18 bits per heavy atom. The van der Waals surface area contributed by atoms with Crippen LogP contribution >= 0.6 is 0 Å². The molecule has 122 valence electrons. The molecule has 0 heterocycles. The van der Waals surface area contributed by atoms with E-state index in [2.05, 4.69) is 19.2 Å². The molecule has 0 saturated carbocycles. The number of carbonyl (C=O) groups is 2. The Morgan fingerprint density at radius 2 is 1.82 bits per heavy atom. The molecule has 0 fully saturated rings. The molecule has 5 heteroatoms. The van der Waals surface area contributed by atoms with Crippen LogP contribution in [0.4, 0.5) is 0 Å². The van der Waals surface area contributed by atoms with Crippen molar-refractivity contribution >= 4 is 11.9 Å². The average Bonchev–Trinajstić information content (AvgIpc) is 2.51. The van der Waals surface area contributed by atoms with E-state index in [9.17, 15) is 9.59 Å². The smallest absolute Gasteiger partial charge is 0.328 e. The van der Waals surface area contributed by atoms with Crippen molar-refractivity contribution in [3.63, 3.8) is 0 Å². The summed E-state index contributed by atoms with van der Waals surface area (Å²) in [6, 6.07) is 8.16. The van der Waals surface area contributed by atoms with Crippen molar-refractivity contribution in [3.8, 4) is 0 Å². The number of hydrogen-bond donors (Lipinski definition) is 2. The highest BCUT2D eigenvalue weighted by molar-refractivity contribution is 5.87. The average molecular weight is 306 g/mol. The van der Waals surface area contributed by atoms with E-state index in [0.717, 1.165) is 12.0 Å². The van der Waals surface area contributed by atoms with Gasteiger partial charge in [-0.1, -0.05) is 44.2 Å². The second-order valence-corrected chi connectivity index (χ2v) is 5.85. The zero-order chi connectivity index (χ0) is 16.5. The van der Waals surface area contributed by atoms with Crippen LogP contribution in [-0.2, 0) is 20.7 Å². The van der Waals surface area contributed by atoms with Crippen LogP contribution < -0.4 is 11.1 Å². The van der Waals surface area contributed by atoms with Crippen LogP contribution in [0.1, 0.15) is 32.3 Å². The minimum atomic E-state index is -0.718. The Balaban J connectivity index is 2.65. The Bertz CT molecular complexity index is 474. The van der Waals surface area contributed by atoms with Crippen LogP contribution in [0.2, 0.25) is 0 Å². The van der Waals surface area contributed by atoms with Gasteiger partial charge in [0.15, 0.2) is 0 Å². The summed E-state index contributed by atoms with van der Waals surface area (Å²) >= 11 is 0. The van der Waals surface area contributed by atoms with Crippen molar-refractivity contribution in [1.29, 1.82) is 0 Å². The molecule has 2 atom stereocenters. The van der Waals surface area contributed by atoms with Gasteiger partial charge >= 0.3 is 5.97 Å². The predicted octanol–water partition coefficient (Wildman–Crippen LogP) is 1.65. The number of nitrogens with two attached hydrogens (primary N) is 1. The third kappa shape index (κ3) is 6.26. The number of rotatable bonds is 8. The number of amides is 1. The van der Waals surface area contributed by atoms with E-state index in [1.165, 1.54) is 7.11 Å². The molecular formula is C17H26N2O3. The molecule has 0 spiro atoms. The summed E-state index contributed by atoms with van der Waals surface area (Å²) in [5.74, 6) is -0.292. The first-order valence-electron chi connectivity index (χ1n) is 7.61. The van der Waals surface area contributed by atoms with Crippen molar-refractivity contribution in [3.05, 3.63) is 35.9 Å². The van der Waals surface area contributed by atoms with Crippen LogP contribution in [0.3, 0.4) is 0 Å². The number of ether oxygens (including phenoxy) is 1. The van der Waals surface area contributed by atoms with Crippen LogP contribution in [0.15, 0.2) is 30.3 Å². The maximum Gasteiger partial charge on any atom is 0.328 e. The first-order valence-corrected chi connectivity index (χ1v) is 7.61. The normalized spacial score (nSPS) is 13.5. The molecule has 0 aliphatic rings. The second-order valence-electron chi connectivity index (χ2n) is 5.85. The monoisotopic (exact) mass is 306 g/mol. The largest absolute Gasteiger partial charge is 0.467 e. The van der Waals surface area contributed by atoms with Gasteiger partial charge in [0.05, 0.1) is 13.2 Å². The van der Waals surface area contributed by atoms with E-state index in [4.69, 9.17) is 10.5 Å². The number of nitrogens with one attached hydrogen (secondary N) is 1. The summed E-state index contributed by atoms with van der Waals surface area (Å²) in [5.41, 5.74) is 6.84. The molecule has 0 saturated heterocycles. The van der Waals surface area contributed by atoms with E-state index >= 15 is 0 Å². The fourth-order valence-electron chi connectivity index (χ4n) is 2.11. The van der Waals surface area contributed by atoms with Gasteiger partial charge in [-0.3, -0.25) is 4.79 Å². The summed E-state index contributed by atoms with van der Waals surface area (Å²) in [6.07, 6.45) is 1.86. The Hall–Kier alpha value is -1.88. The number of esters is 1. The van der Waals surface area contributed by atoms with Gasteiger partial charge in [0.1, 0.15) is 6.04 Å². The van der Waals surface area contributed by atoms with Crippen molar-refractivity contribution in [1.82, 2.24) is 5.32 Å². The van der Waals surface area contributed by atoms with Gasteiger partial charge in [-0.05, 0) is 24.3 Å². The minimum Gasteiger partial charge on any atom is -0.467 e. The van der Waals surface area contributed by atoms with Crippen LogP contribution in [0.5, 0.6) is 0 Å². The van der Waals surface area contributed by atoms with Crippen molar-refractivity contribution in [2.24, 2.45) is 11.7 Å². The maximum absolute atomic E-state index is 12.1. The van der Waals surface area contributed by atoms with Gasteiger partial charge in [0, 0.05) is 6.42 Å². The van der Waals surface area contributed by atoms with Gasteiger partial charge in [-0.2, -0.15) is 0 Å². The third-order valence-corrected chi connectivity index (χ3v) is 3.48. The van der Waals surface area contributed by atoms with E-state index in [-0.39, 0.29) is 5.91 Å². The molecule has 22 heavy (non-hydrogen) atoms. The summed E-state index contributed by atoms with van der Waals surface area (Å²) in [4.78, 5) is 24.0.